The van der Waals surface area contributed by atoms with Crippen molar-refractivity contribution in [1.29, 1.82) is 0 Å². The molecule has 120 valence electrons. The minimum absolute atomic E-state index is 0.0570. The van der Waals surface area contributed by atoms with Gasteiger partial charge in [-0.1, -0.05) is 6.07 Å². The summed E-state index contributed by atoms with van der Waals surface area (Å²) in [6.07, 6.45) is 5.15. The number of carbonyl (C=O) groups is 1. The van der Waals surface area contributed by atoms with Gasteiger partial charge in [-0.25, -0.2) is 0 Å². The molecule has 1 aromatic heterocycles. The minimum atomic E-state index is -0.438. The Kier molecular flexibility index (Phi) is 4.19. The second kappa shape index (κ2) is 6.28. The Balaban J connectivity index is 1.75. The molecule has 1 aromatic carbocycles. The van der Waals surface area contributed by atoms with E-state index in [0.29, 0.717) is 18.0 Å². The number of benzene rings is 1. The van der Waals surface area contributed by atoms with Crippen molar-refractivity contribution in [2.24, 2.45) is 0 Å². The van der Waals surface area contributed by atoms with Crippen LogP contribution in [0.1, 0.15) is 24.0 Å². The van der Waals surface area contributed by atoms with Crippen LogP contribution in [0.15, 0.2) is 42.7 Å². The highest BCUT2D eigenvalue weighted by Crippen LogP contribution is 2.50. The van der Waals surface area contributed by atoms with Gasteiger partial charge in [0.2, 0.25) is 5.91 Å². The van der Waals surface area contributed by atoms with Crippen LogP contribution in [0.25, 0.3) is 0 Å². The molecule has 0 spiro atoms. The highest BCUT2D eigenvalue weighted by Gasteiger charge is 2.51. The maximum atomic E-state index is 12.7. The van der Waals surface area contributed by atoms with Gasteiger partial charge in [-0.2, -0.15) is 0 Å². The van der Waals surface area contributed by atoms with Crippen molar-refractivity contribution in [2.75, 3.05) is 14.2 Å². The molecule has 5 nitrogen and oxygen atoms in total. The quantitative estimate of drug-likeness (QED) is 0.890. The summed E-state index contributed by atoms with van der Waals surface area (Å²) in [5.41, 5.74) is 1.57. The van der Waals surface area contributed by atoms with E-state index in [0.717, 1.165) is 24.0 Å². The second-order valence-electron chi connectivity index (χ2n) is 5.69. The van der Waals surface area contributed by atoms with E-state index >= 15 is 0 Å². The molecule has 3 rings (SSSR count). The number of nitrogens with zero attached hydrogens (tertiary/aromatic N) is 1. The predicted octanol–water partition coefficient (Wildman–Crippen LogP) is 2.45. The van der Waals surface area contributed by atoms with Crippen LogP contribution < -0.4 is 14.8 Å². The summed E-state index contributed by atoms with van der Waals surface area (Å²) >= 11 is 0. The first-order valence-corrected chi connectivity index (χ1v) is 7.59. The van der Waals surface area contributed by atoms with Crippen molar-refractivity contribution in [2.45, 2.75) is 24.8 Å². The number of aromatic nitrogens is 1. The molecule has 0 saturated heterocycles. The molecule has 0 bridgehead atoms. The zero-order valence-electron chi connectivity index (χ0n) is 13.3. The molecule has 5 heteroatoms. The molecule has 0 unspecified atom stereocenters. The SMILES string of the molecule is COc1ccc(C2(C(=O)NCc3ccncc3)CC2)cc1OC. The molecule has 0 radical (unpaired) electrons. The lowest BCUT2D eigenvalue weighted by atomic mass is 9.94. The summed E-state index contributed by atoms with van der Waals surface area (Å²) in [6.45, 7) is 0.510. The Bertz CT molecular complexity index is 697. The van der Waals surface area contributed by atoms with Crippen molar-refractivity contribution < 1.29 is 14.3 Å². The van der Waals surface area contributed by atoms with Gasteiger partial charge < -0.3 is 14.8 Å². The number of nitrogens with one attached hydrogen (secondary N) is 1. The number of methoxy groups -OCH3 is 2. The number of rotatable bonds is 6. The van der Waals surface area contributed by atoms with Crippen LogP contribution in [-0.2, 0) is 16.8 Å². The average molecular weight is 312 g/mol. The lowest BCUT2D eigenvalue weighted by Gasteiger charge is -2.17. The maximum absolute atomic E-state index is 12.7. The smallest absolute Gasteiger partial charge is 0.230 e. The molecule has 1 fully saturated rings. The molecule has 1 saturated carbocycles. The maximum Gasteiger partial charge on any atom is 0.230 e. The summed E-state index contributed by atoms with van der Waals surface area (Å²) in [4.78, 5) is 16.6. The van der Waals surface area contributed by atoms with E-state index in [2.05, 4.69) is 10.3 Å². The summed E-state index contributed by atoms with van der Waals surface area (Å²) in [7, 11) is 3.20. The van der Waals surface area contributed by atoms with E-state index in [9.17, 15) is 4.79 Å². The molecule has 1 amide bonds. The van der Waals surface area contributed by atoms with Gasteiger partial charge in [0, 0.05) is 18.9 Å². The van der Waals surface area contributed by atoms with E-state index in [4.69, 9.17) is 9.47 Å². The largest absolute Gasteiger partial charge is 0.493 e. The van der Waals surface area contributed by atoms with Crippen LogP contribution in [0.4, 0.5) is 0 Å². The van der Waals surface area contributed by atoms with Crippen LogP contribution in [0, 0.1) is 0 Å². The Hall–Kier alpha value is -2.56. The van der Waals surface area contributed by atoms with Gasteiger partial charge in [-0.15, -0.1) is 0 Å². The molecule has 0 atom stereocenters. The third kappa shape index (κ3) is 2.99. The lowest BCUT2D eigenvalue weighted by Crippen LogP contribution is -2.34. The zero-order chi connectivity index (χ0) is 16.3. The van der Waals surface area contributed by atoms with Gasteiger partial charge in [0.25, 0.3) is 0 Å². The van der Waals surface area contributed by atoms with Crippen molar-refractivity contribution in [1.82, 2.24) is 10.3 Å². The Morgan fingerprint density at radius 1 is 1.13 bits per heavy atom. The van der Waals surface area contributed by atoms with Crippen LogP contribution >= 0.6 is 0 Å². The molecular weight excluding hydrogens is 292 g/mol. The second-order valence-corrected chi connectivity index (χ2v) is 5.69. The van der Waals surface area contributed by atoms with Crippen LogP contribution in [0.3, 0.4) is 0 Å². The standard InChI is InChI=1S/C18H20N2O3/c1-22-15-4-3-14(11-16(15)23-2)18(7-8-18)17(21)20-12-13-5-9-19-10-6-13/h3-6,9-11H,7-8,12H2,1-2H3,(H,20,21). The Morgan fingerprint density at radius 3 is 2.43 bits per heavy atom. The van der Waals surface area contributed by atoms with Gasteiger partial charge >= 0.3 is 0 Å². The first kappa shape index (κ1) is 15.3. The Labute approximate surface area is 135 Å². The molecular formula is C18H20N2O3. The molecule has 1 N–H and O–H groups in total. The van der Waals surface area contributed by atoms with Crippen molar-refractivity contribution >= 4 is 5.91 Å². The zero-order valence-corrected chi connectivity index (χ0v) is 13.3. The van der Waals surface area contributed by atoms with Crippen LogP contribution in [0.5, 0.6) is 11.5 Å². The molecule has 0 aliphatic heterocycles. The van der Waals surface area contributed by atoms with Gasteiger partial charge in [-0.05, 0) is 48.2 Å². The molecule has 2 aromatic rings. The normalized spacial score (nSPS) is 14.9. The average Bonchev–Trinajstić information content (AvgIpc) is 3.42. The number of hydrogen-bond donors (Lipinski definition) is 1. The lowest BCUT2D eigenvalue weighted by molar-refractivity contribution is -0.123. The first-order chi connectivity index (χ1) is 11.2. The third-order valence-corrected chi connectivity index (χ3v) is 4.32. The van der Waals surface area contributed by atoms with Crippen LogP contribution in [-0.4, -0.2) is 25.1 Å². The van der Waals surface area contributed by atoms with E-state index in [1.807, 2.05) is 30.3 Å². The highest BCUT2D eigenvalue weighted by molar-refractivity contribution is 5.91. The van der Waals surface area contributed by atoms with E-state index in [1.54, 1.807) is 26.6 Å². The fourth-order valence-corrected chi connectivity index (χ4v) is 2.76. The van der Waals surface area contributed by atoms with Crippen molar-refractivity contribution in [3.8, 4) is 11.5 Å². The van der Waals surface area contributed by atoms with Gasteiger partial charge in [0.05, 0.1) is 19.6 Å². The topological polar surface area (TPSA) is 60.5 Å². The van der Waals surface area contributed by atoms with Crippen molar-refractivity contribution in [3.05, 3.63) is 53.9 Å². The Morgan fingerprint density at radius 2 is 1.83 bits per heavy atom. The molecule has 1 aliphatic carbocycles. The fraction of sp³-hybridized carbons (Fsp3) is 0.333. The first-order valence-electron chi connectivity index (χ1n) is 7.59. The number of pyridine rings is 1. The third-order valence-electron chi connectivity index (χ3n) is 4.32. The number of carbonyl (C=O) groups excluding carboxylic acids is 1. The van der Waals surface area contributed by atoms with E-state index in [1.165, 1.54) is 0 Å². The van der Waals surface area contributed by atoms with Gasteiger partial charge in [0.15, 0.2) is 11.5 Å². The molecule has 1 aliphatic rings. The van der Waals surface area contributed by atoms with Gasteiger partial charge in [-0.3, -0.25) is 9.78 Å². The predicted molar refractivity (Wildman–Crippen MR) is 86.5 cm³/mol. The van der Waals surface area contributed by atoms with Gasteiger partial charge in [0.1, 0.15) is 0 Å². The summed E-state index contributed by atoms with van der Waals surface area (Å²) in [5, 5.41) is 3.03. The molecule has 1 heterocycles. The van der Waals surface area contributed by atoms with Crippen molar-refractivity contribution in [3.63, 3.8) is 0 Å². The van der Waals surface area contributed by atoms with Crippen LogP contribution in [0.2, 0.25) is 0 Å². The summed E-state index contributed by atoms with van der Waals surface area (Å²) in [5.74, 6) is 1.38. The number of ether oxygens (including phenoxy) is 2. The highest BCUT2D eigenvalue weighted by atomic mass is 16.5. The van der Waals surface area contributed by atoms with E-state index < -0.39 is 5.41 Å². The van der Waals surface area contributed by atoms with E-state index in [-0.39, 0.29) is 5.91 Å². The number of amides is 1. The monoisotopic (exact) mass is 312 g/mol. The summed E-state index contributed by atoms with van der Waals surface area (Å²) in [6, 6.07) is 9.50. The minimum Gasteiger partial charge on any atom is -0.493 e. The number of hydrogen-bond acceptors (Lipinski definition) is 4. The summed E-state index contributed by atoms with van der Waals surface area (Å²) < 4.78 is 10.6. The molecule has 23 heavy (non-hydrogen) atoms. The fourth-order valence-electron chi connectivity index (χ4n) is 2.76.